The van der Waals surface area contributed by atoms with Gasteiger partial charge in [0, 0.05) is 37.6 Å². The van der Waals surface area contributed by atoms with E-state index in [1.54, 1.807) is 32.8 Å². The van der Waals surface area contributed by atoms with Gasteiger partial charge in [-0.25, -0.2) is 4.98 Å². The van der Waals surface area contributed by atoms with E-state index in [2.05, 4.69) is 14.9 Å². The zero-order valence-electron chi connectivity index (χ0n) is 17.1. The van der Waals surface area contributed by atoms with Gasteiger partial charge in [0.15, 0.2) is 0 Å². The summed E-state index contributed by atoms with van der Waals surface area (Å²) < 4.78 is 11.0. The summed E-state index contributed by atoms with van der Waals surface area (Å²) in [6, 6.07) is 5.84. The fourth-order valence-corrected chi connectivity index (χ4v) is 4.53. The molecule has 0 N–H and O–H groups in total. The molecule has 2 aliphatic heterocycles. The number of benzene rings is 1. The van der Waals surface area contributed by atoms with E-state index in [0.29, 0.717) is 6.54 Å². The number of amides is 1. The number of carbonyl (C=O) groups is 1. The molecule has 1 amide bonds. The van der Waals surface area contributed by atoms with Gasteiger partial charge >= 0.3 is 0 Å². The number of hydrogen-bond donors (Lipinski definition) is 0. The predicted molar refractivity (Wildman–Crippen MR) is 110 cm³/mol. The van der Waals surface area contributed by atoms with Crippen molar-refractivity contribution in [2.24, 2.45) is 5.92 Å². The Morgan fingerprint density at radius 3 is 2.72 bits per heavy atom. The Bertz CT molecular complexity index is 845. The molecule has 2 saturated heterocycles. The fourth-order valence-electron chi connectivity index (χ4n) is 4.53. The molecule has 2 aromatic rings. The summed E-state index contributed by atoms with van der Waals surface area (Å²) in [6.07, 6.45) is 8.97. The molecule has 0 saturated carbocycles. The smallest absolute Gasteiger partial charge is 0.227 e. The highest BCUT2D eigenvalue weighted by atomic mass is 16.5. The number of rotatable bonds is 5. The van der Waals surface area contributed by atoms with Crippen molar-refractivity contribution in [3.05, 3.63) is 42.4 Å². The van der Waals surface area contributed by atoms with Crippen LogP contribution in [-0.2, 0) is 4.79 Å². The van der Waals surface area contributed by atoms with Crippen molar-refractivity contribution < 1.29 is 14.3 Å². The van der Waals surface area contributed by atoms with E-state index in [4.69, 9.17) is 9.47 Å². The standard InChI is InChI=1S/C22H28N4O3/c1-28-17-7-8-20(29-2)18(13-17)19-6-4-12-26(19)22(27)16-5-3-11-25(15-16)21-14-23-9-10-24-21/h7-10,13-14,16,19H,3-6,11-12,15H2,1-2H3/t16-,19-/m0/s1. The lowest BCUT2D eigenvalue weighted by Crippen LogP contribution is -2.45. The van der Waals surface area contributed by atoms with Crippen molar-refractivity contribution in [3.63, 3.8) is 0 Å². The highest BCUT2D eigenvalue weighted by Gasteiger charge is 2.37. The second-order valence-corrected chi connectivity index (χ2v) is 7.65. The molecule has 2 aliphatic rings. The minimum atomic E-state index is -0.0250. The maximum atomic E-state index is 13.5. The molecule has 2 atom stereocenters. The topological polar surface area (TPSA) is 67.8 Å². The van der Waals surface area contributed by atoms with Gasteiger partial charge in [0.25, 0.3) is 0 Å². The van der Waals surface area contributed by atoms with E-state index >= 15 is 0 Å². The number of carbonyl (C=O) groups excluding carboxylic acids is 1. The van der Waals surface area contributed by atoms with Crippen LogP contribution >= 0.6 is 0 Å². The van der Waals surface area contributed by atoms with Gasteiger partial charge in [0.05, 0.1) is 32.4 Å². The van der Waals surface area contributed by atoms with Crippen LogP contribution in [0.3, 0.4) is 0 Å². The average Bonchev–Trinajstić information content (AvgIpc) is 3.28. The van der Waals surface area contributed by atoms with E-state index in [9.17, 15) is 4.79 Å². The van der Waals surface area contributed by atoms with Crippen molar-refractivity contribution in [1.82, 2.24) is 14.9 Å². The van der Waals surface area contributed by atoms with Gasteiger partial charge in [-0.3, -0.25) is 9.78 Å². The molecule has 0 unspecified atom stereocenters. The molecule has 7 nitrogen and oxygen atoms in total. The Balaban J connectivity index is 1.54. The van der Waals surface area contributed by atoms with Gasteiger partial charge in [-0.1, -0.05) is 0 Å². The van der Waals surface area contributed by atoms with Crippen LogP contribution in [0, 0.1) is 5.92 Å². The lowest BCUT2D eigenvalue weighted by molar-refractivity contribution is -0.136. The number of piperidine rings is 1. The molecule has 2 fully saturated rings. The van der Waals surface area contributed by atoms with Crippen molar-refractivity contribution in [3.8, 4) is 11.5 Å². The largest absolute Gasteiger partial charge is 0.497 e. The molecule has 3 heterocycles. The minimum absolute atomic E-state index is 0.0250. The first kappa shape index (κ1) is 19.5. The molecule has 154 valence electrons. The SMILES string of the molecule is COc1ccc(OC)c([C@@H]2CCCN2C(=O)[C@H]2CCCN(c3cnccn3)C2)c1. The van der Waals surface area contributed by atoms with Gasteiger partial charge in [0.2, 0.25) is 5.91 Å². The average molecular weight is 396 g/mol. The van der Waals surface area contributed by atoms with Crippen LogP contribution in [0.5, 0.6) is 11.5 Å². The number of anilines is 1. The summed E-state index contributed by atoms with van der Waals surface area (Å²) in [5, 5.41) is 0. The van der Waals surface area contributed by atoms with Gasteiger partial charge in [-0.15, -0.1) is 0 Å². The number of ether oxygens (including phenoxy) is 2. The maximum Gasteiger partial charge on any atom is 0.227 e. The van der Waals surface area contributed by atoms with Crippen LogP contribution in [0.4, 0.5) is 5.82 Å². The zero-order valence-corrected chi connectivity index (χ0v) is 17.1. The predicted octanol–water partition coefficient (Wildman–Crippen LogP) is 3.07. The van der Waals surface area contributed by atoms with E-state index in [1.165, 1.54) is 0 Å². The molecular formula is C22H28N4O3. The summed E-state index contributed by atoms with van der Waals surface area (Å²) in [5.41, 5.74) is 1.03. The second kappa shape index (κ2) is 8.68. The molecule has 4 rings (SSSR count). The van der Waals surface area contributed by atoms with Crippen LogP contribution in [0.15, 0.2) is 36.8 Å². The lowest BCUT2D eigenvalue weighted by Gasteiger charge is -2.36. The Morgan fingerprint density at radius 1 is 1.10 bits per heavy atom. The number of aromatic nitrogens is 2. The van der Waals surface area contributed by atoms with Crippen molar-refractivity contribution in [2.45, 2.75) is 31.7 Å². The first-order valence-electron chi connectivity index (χ1n) is 10.2. The monoisotopic (exact) mass is 396 g/mol. The fraction of sp³-hybridized carbons (Fsp3) is 0.500. The highest BCUT2D eigenvalue weighted by Crippen LogP contribution is 2.40. The summed E-state index contributed by atoms with van der Waals surface area (Å²) in [4.78, 5) is 26.3. The van der Waals surface area contributed by atoms with Crippen LogP contribution in [0.1, 0.15) is 37.3 Å². The first-order valence-corrected chi connectivity index (χ1v) is 10.2. The number of methoxy groups -OCH3 is 2. The van der Waals surface area contributed by atoms with Gasteiger partial charge < -0.3 is 19.3 Å². The second-order valence-electron chi connectivity index (χ2n) is 7.65. The van der Waals surface area contributed by atoms with Crippen LogP contribution in [0.25, 0.3) is 0 Å². The van der Waals surface area contributed by atoms with Crippen LogP contribution in [-0.4, -0.2) is 54.6 Å². The van der Waals surface area contributed by atoms with Crippen molar-refractivity contribution in [2.75, 3.05) is 38.8 Å². The first-order chi connectivity index (χ1) is 14.2. The summed E-state index contributed by atoms with van der Waals surface area (Å²) in [6.45, 7) is 2.39. The molecule has 1 aromatic heterocycles. The van der Waals surface area contributed by atoms with E-state index in [1.807, 2.05) is 23.1 Å². The molecule has 29 heavy (non-hydrogen) atoms. The van der Waals surface area contributed by atoms with E-state index < -0.39 is 0 Å². The summed E-state index contributed by atoms with van der Waals surface area (Å²) >= 11 is 0. The van der Waals surface area contributed by atoms with Crippen LogP contribution in [0.2, 0.25) is 0 Å². The van der Waals surface area contributed by atoms with Gasteiger partial charge in [0.1, 0.15) is 17.3 Å². The van der Waals surface area contributed by atoms with Crippen molar-refractivity contribution >= 4 is 11.7 Å². The Kier molecular flexibility index (Phi) is 5.83. The lowest BCUT2D eigenvalue weighted by atomic mass is 9.95. The number of likely N-dealkylation sites (tertiary alicyclic amines) is 1. The van der Waals surface area contributed by atoms with Gasteiger partial charge in [-0.2, -0.15) is 0 Å². The highest BCUT2D eigenvalue weighted by molar-refractivity contribution is 5.80. The molecular weight excluding hydrogens is 368 g/mol. The van der Waals surface area contributed by atoms with E-state index in [0.717, 1.165) is 61.7 Å². The molecule has 0 aliphatic carbocycles. The summed E-state index contributed by atoms with van der Waals surface area (Å²) in [5.74, 6) is 2.64. The van der Waals surface area contributed by atoms with E-state index in [-0.39, 0.29) is 17.9 Å². The third-order valence-corrected chi connectivity index (χ3v) is 5.98. The maximum absolute atomic E-state index is 13.5. The molecule has 0 spiro atoms. The minimum Gasteiger partial charge on any atom is -0.497 e. The molecule has 1 aromatic carbocycles. The van der Waals surface area contributed by atoms with Gasteiger partial charge in [-0.05, 0) is 43.9 Å². The molecule has 7 heteroatoms. The quantitative estimate of drug-likeness (QED) is 0.774. The number of nitrogens with zero attached hydrogens (tertiary/aromatic N) is 4. The Morgan fingerprint density at radius 2 is 1.97 bits per heavy atom. The molecule has 0 radical (unpaired) electrons. The summed E-state index contributed by atoms with van der Waals surface area (Å²) in [7, 11) is 3.33. The Hall–Kier alpha value is -2.83. The van der Waals surface area contributed by atoms with Crippen LogP contribution < -0.4 is 14.4 Å². The van der Waals surface area contributed by atoms with Crippen molar-refractivity contribution in [1.29, 1.82) is 0 Å². The Labute approximate surface area is 171 Å². The molecule has 0 bridgehead atoms. The third-order valence-electron chi connectivity index (χ3n) is 5.98. The zero-order chi connectivity index (χ0) is 20.2. The number of hydrogen-bond acceptors (Lipinski definition) is 6. The third kappa shape index (κ3) is 3.99. The normalized spacial score (nSPS) is 21.9.